The third-order valence-corrected chi connectivity index (χ3v) is 7.34. The van der Waals surface area contributed by atoms with Gasteiger partial charge in [0.2, 0.25) is 0 Å². The average molecular weight is 237 g/mol. The topological polar surface area (TPSA) is 12.0 Å². The molecule has 0 atom stereocenters. The molecule has 0 amide bonds. The lowest BCUT2D eigenvalue weighted by atomic mass is 9.01. The third kappa shape index (κ3) is 0.718. The van der Waals surface area contributed by atoms with Gasteiger partial charge in [0.25, 0.3) is 0 Å². The van der Waals surface area contributed by atoms with Gasteiger partial charge in [-0.15, -0.1) is 0 Å². The standard InChI is InChI=1S/C9H11N.C8H8/c1-2-4-9-7-10-6-5-8(9)3-1;1-2-5-3(1)7-4(1)6(2)8(5)7/h1-4,10H,5-7H2;1-8H. The van der Waals surface area contributed by atoms with Gasteiger partial charge in [-0.3, -0.25) is 0 Å². The van der Waals surface area contributed by atoms with Crippen LogP contribution in [-0.4, -0.2) is 6.54 Å². The van der Waals surface area contributed by atoms with Crippen molar-refractivity contribution >= 4 is 0 Å². The first-order valence-electron chi connectivity index (χ1n) is 7.74. The van der Waals surface area contributed by atoms with E-state index in [1.807, 2.05) is 0 Å². The highest BCUT2D eigenvalue weighted by Gasteiger charge is 2.97. The highest BCUT2D eigenvalue weighted by molar-refractivity contribution is 5.44. The number of hydrogen-bond acceptors (Lipinski definition) is 1. The first kappa shape index (κ1) is 9.14. The summed E-state index contributed by atoms with van der Waals surface area (Å²) < 4.78 is 0. The molecule has 18 heavy (non-hydrogen) atoms. The number of nitrogens with one attached hydrogen (secondary N) is 1. The molecule has 1 heterocycles. The lowest BCUT2D eigenvalue weighted by Gasteiger charge is -3.03. The van der Waals surface area contributed by atoms with Crippen LogP contribution in [0.4, 0.5) is 0 Å². The largest absolute Gasteiger partial charge is 0.312 e. The minimum absolute atomic E-state index is 1.05. The normalized spacial score (nSPS) is 57.1. The molecule has 0 saturated heterocycles. The molecule has 8 rings (SSSR count). The van der Waals surface area contributed by atoms with Crippen molar-refractivity contribution in [3.63, 3.8) is 0 Å². The molecule has 6 fully saturated rings. The Labute approximate surface area is 108 Å². The second-order valence-electron chi connectivity index (χ2n) is 7.31. The molecule has 0 aromatic heterocycles. The van der Waals surface area contributed by atoms with Gasteiger partial charge in [-0.05, 0) is 71.4 Å². The Hall–Kier alpha value is -0.820. The van der Waals surface area contributed by atoms with Crippen molar-refractivity contribution < 1.29 is 0 Å². The van der Waals surface area contributed by atoms with E-state index in [1.165, 1.54) is 64.9 Å². The lowest BCUT2D eigenvalue weighted by Crippen LogP contribution is -3.00. The maximum Gasteiger partial charge on any atom is 0.0208 e. The number of rotatable bonds is 0. The molecule has 1 aromatic carbocycles. The zero-order valence-electron chi connectivity index (χ0n) is 10.5. The predicted molar refractivity (Wildman–Crippen MR) is 69.8 cm³/mol. The summed E-state index contributed by atoms with van der Waals surface area (Å²) in [5.74, 6) is 10.7. The van der Waals surface area contributed by atoms with Crippen LogP contribution in [0.3, 0.4) is 0 Å². The van der Waals surface area contributed by atoms with Gasteiger partial charge in [-0.25, -0.2) is 0 Å². The van der Waals surface area contributed by atoms with Gasteiger partial charge < -0.3 is 5.32 Å². The first-order valence-corrected chi connectivity index (χ1v) is 7.74. The fraction of sp³-hybridized carbons (Fsp3) is 0.647. The van der Waals surface area contributed by atoms with Crippen LogP contribution >= 0.6 is 0 Å². The van der Waals surface area contributed by atoms with E-state index < -0.39 is 0 Å². The van der Waals surface area contributed by atoms with Gasteiger partial charge in [0.1, 0.15) is 0 Å². The van der Waals surface area contributed by atoms with E-state index in [0.717, 1.165) is 13.1 Å². The molecule has 0 unspecified atom stereocenters. The number of hydrogen-bond donors (Lipinski definition) is 1. The van der Waals surface area contributed by atoms with E-state index in [1.54, 1.807) is 0 Å². The summed E-state index contributed by atoms with van der Waals surface area (Å²) in [5, 5.41) is 3.34. The summed E-state index contributed by atoms with van der Waals surface area (Å²) in [7, 11) is 0. The smallest absolute Gasteiger partial charge is 0.0208 e. The molecular formula is C17H19N. The van der Waals surface area contributed by atoms with Gasteiger partial charge in [-0.2, -0.15) is 0 Å². The molecule has 1 aliphatic heterocycles. The Bertz CT molecular complexity index is 415. The summed E-state index contributed by atoms with van der Waals surface area (Å²) in [4.78, 5) is 0. The van der Waals surface area contributed by atoms with Crippen molar-refractivity contribution in [2.24, 2.45) is 47.3 Å². The third-order valence-electron chi connectivity index (χ3n) is 7.34. The van der Waals surface area contributed by atoms with Crippen molar-refractivity contribution in [2.45, 2.75) is 13.0 Å². The molecule has 0 bridgehead atoms. The molecule has 1 nitrogen and oxygen atoms in total. The zero-order valence-corrected chi connectivity index (χ0v) is 10.5. The second kappa shape index (κ2) is 2.70. The zero-order chi connectivity index (χ0) is 11.4. The van der Waals surface area contributed by atoms with E-state index in [0.29, 0.717) is 0 Å². The minimum atomic E-state index is 1.05. The summed E-state index contributed by atoms with van der Waals surface area (Å²) in [5.41, 5.74) is 2.98. The average Bonchev–Trinajstić information content (AvgIpc) is 2.49. The highest BCUT2D eigenvalue weighted by atomic mass is 15.0. The van der Waals surface area contributed by atoms with Gasteiger partial charge >= 0.3 is 0 Å². The van der Waals surface area contributed by atoms with Gasteiger partial charge in [0, 0.05) is 6.54 Å². The Kier molecular flexibility index (Phi) is 1.37. The van der Waals surface area contributed by atoms with Crippen LogP contribution in [0.25, 0.3) is 0 Å². The Balaban J connectivity index is 0.0000000846. The fourth-order valence-electron chi connectivity index (χ4n) is 6.71. The highest BCUT2D eigenvalue weighted by Crippen LogP contribution is 3.00. The maximum absolute atomic E-state index is 3.34. The molecule has 1 heteroatoms. The summed E-state index contributed by atoms with van der Waals surface area (Å²) in [6.45, 7) is 2.19. The molecule has 0 spiro atoms. The molecular weight excluding hydrogens is 218 g/mol. The van der Waals surface area contributed by atoms with Crippen molar-refractivity contribution in [3.05, 3.63) is 35.4 Å². The quantitative estimate of drug-likeness (QED) is 0.730. The molecule has 6 saturated carbocycles. The van der Waals surface area contributed by atoms with E-state index in [-0.39, 0.29) is 0 Å². The van der Waals surface area contributed by atoms with E-state index in [9.17, 15) is 0 Å². The molecule has 92 valence electrons. The monoisotopic (exact) mass is 237 g/mol. The Morgan fingerprint density at radius 1 is 0.722 bits per heavy atom. The minimum Gasteiger partial charge on any atom is -0.312 e. The Morgan fingerprint density at radius 3 is 1.72 bits per heavy atom. The summed E-state index contributed by atoms with van der Waals surface area (Å²) >= 11 is 0. The SMILES string of the molecule is C12C3C4C1C1C2C3C41.c1ccc2c(c1)CCNC2. The number of benzene rings is 1. The maximum atomic E-state index is 3.34. The van der Waals surface area contributed by atoms with Crippen LogP contribution in [0.15, 0.2) is 24.3 Å². The van der Waals surface area contributed by atoms with Crippen molar-refractivity contribution in [1.29, 1.82) is 0 Å². The number of fused-ring (bicyclic) bond motifs is 1. The van der Waals surface area contributed by atoms with Crippen molar-refractivity contribution in [3.8, 4) is 0 Å². The lowest BCUT2D eigenvalue weighted by molar-refractivity contribution is -0.565. The Morgan fingerprint density at radius 2 is 1.22 bits per heavy atom. The molecule has 6 aliphatic carbocycles. The fourth-order valence-corrected chi connectivity index (χ4v) is 6.71. The molecule has 0 radical (unpaired) electrons. The van der Waals surface area contributed by atoms with Gasteiger partial charge in [0.05, 0.1) is 0 Å². The van der Waals surface area contributed by atoms with Crippen LogP contribution in [0.5, 0.6) is 0 Å². The van der Waals surface area contributed by atoms with E-state index in [2.05, 4.69) is 29.6 Å². The van der Waals surface area contributed by atoms with Crippen LogP contribution in [0.1, 0.15) is 11.1 Å². The van der Waals surface area contributed by atoms with E-state index in [4.69, 9.17) is 0 Å². The van der Waals surface area contributed by atoms with Crippen LogP contribution in [-0.2, 0) is 13.0 Å². The molecule has 1 aromatic rings. The molecule has 1 N–H and O–H groups in total. The van der Waals surface area contributed by atoms with Crippen molar-refractivity contribution in [2.75, 3.05) is 6.54 Å². The molecule has 7 aliphatic rings. The summed E-state index contributed by atoms with van der Waals surface area (Å²) in [6, 6.07) is 8.63. The summed E-state index contributed by atoms with van der Waals surface area (Å²) in [6.07, 6.45) is 1.19. The van der Waals surface area contributed by atoms with Crippen LogP contribution in [0, 0.1) is 47.3 Å². The van der Waals surface area contributed by atoms with Crippen LogP contribution < -0.4 is 5.32 Å². The van der Waals surface area contributed by atoms with Crippen LogP contribution in [0.2, 0.25) is 0 Å². The van der Waals surface area contributed by atoms with Gasteiger partial charge in [0.15, 0.2) is 0 Å². The first-order chi connectivity index (χ1) is 8.97. The van der Waals surface area contributed by atoms with Gasteiger partial charge in [-0.1, -0.05) is 24.3 Å². The predicted octanol–water partition coefficient (Wildman–Crippen LogP) is 2.32. The van der Waals surface area contributed by atoms with E-state index >= 15 is 0 Å². The van der Waals surface area contributed by atoms with Crippen molar-refractivity contribution in [1.82, 2.24) is 5.32 Å². The second-order valence-corrected chi connectivity index (χ2v) is 7.31.